The Balaban J connectivity index is 1.44. The number of piperidine rings is 1. The maximum atomic E-state index is 12.9. The van der Waals surface area contributed by atoms with Gasteiger partial charge in [0.25, 0.3) is 0 Å². The van der Waals surface area contributed by atoms with Crippen LogP contribution >= 0.6 is 0 Å². The number of carbonyl (C=O) groups excluding carboxylic acids is 1. The van der Waals surface area contributed by atoms with Crippen LogP contribution in [0.1, 0.15) is 24.1 Å². The zero-order valence-corrected chi connectivity index (χ0v) is 14.8. The van der Waals surface area contributed by atoms with E-state index in [1.54, 1.807) is 6.20 Å². The number of carbonyl (C=O) groups is 1. The van der Waals surface area contributed by atoms with E-state index in [2.05, 4.69) is 45.2 Å². The van der Waals surface area contributed by atoms with E-state index in [4.69, 9.17) is 0 Å². The number of hydrogen-bond acceptors (Lipinski definition) is 3. The van der Waals surface area contributed by atoms with Crippen LogP contribution in [0.4, 0.5) is 0 Å². The summed E-state index contributed by atoms with van der Waals surface area (Å²) in [6.07, 6.45) is 4.12. The topological polar surface area (TPSA) is 41.4 Å². The lowest BCUT2D eigenvalue weighted by Crippen LogP contribution is -2.48. The number of nitrogens with zero attached hydrogens (tertiary/aromatic N) is 4. The smallest absolute Gasteiger partial charge is 0.244 e. The molecule has 0 aliphatic carbocycles. The molecule has 3 aliphatic rings. The van der Waals surface area contributed by atoms with Crippen LogP contribution in [0.15, 0.2) is 42.6 Å². The summed E-state index contributed by atoms with van der Waals surface area (Å²) >= 11 is 0. The fourth-order valence-electron chi connectivity index (χ4n) is 4.24. The van der Waals surface area contributed by atoms with E-state index in [0.717, 1.165) is 38.3 Å². The predicted octanol–water partition coefficient (Wildman–Crippen LogP) is 2.31. The molecule has 1 amide bonds. The van der Waals surface area contributed by atoms with Gasteiger partial charge in [-0.2, -0.15) is 5.10 Å². The first-order valence-electron chi connectivity index (χ1n) is 9.23. The van der Waals surface area contributed by atoms with Crippen LogP contribution in [-0.4, -0.2) is 51.2 Å². The Bertz CT molecular complexity index is 726. The highest BCUT2D eigenvalue weighted by atomic mass is 16.2. The van der Waals surface area contributed by atoms with Crippen molar-refractivity contribution in [3.05, 3.63) is 53.9 Å². The summed E-state index contributed by atoms with van der Waals surface area (Å²) < 4.78 is 1.81. The fourth-order valence-corrected chi connectivity index (χ4v) is 4.24. The maximum absolute atomic E-state index is 12.9. The third-order valence-corrected chi connectivity index (χ3v) is 5.57. The molecule has 5 nitrogen and oxygen atoms in total. The Morgan fingerprint density at radius 2 is 1.96 bits per heavy atom. The molecule has 1 aromatic carbocycles. The van der Waals surface area contributed by atoms with Crippen molar-refractivity contribution in [3.8, 4) is 0 Å². The lowest BCUT2D eigenvalue weighted by atomic mass is 9.95. The van der Waals surface area contributed by atoms with Gasteiger partial charge in [-0.15, -0.1) is 0 Å². The number of amides is 1. The summed E-state index contributed by atoms with van der Waals surface area (Å²) in [5.41, 5.74) is 2.40. The number of benzene rings is 1. The van der Waals surface area contributed by atoms with Gasteiger partial charge in [-0.1, -0.05) is 30.3 Å². The van der Waals surface area contributed by atoms with E-state index in [0.29, 0.717) is 18.5 Å². The van der Waals surface area contributed by atoms with Crippen LogP contribution < -0.4 is 0 Å². The van der Waals surface area contributed by atoms with E-state index in [1.165, 1.54) is 12.0 Å². The van der Waals surface area contributed by atoms with Gasteiger partial charge >= 0.3 is 0 Å². The molecule has 132 valence electrons. The minimum atomic E-state index is 0.211. The molecular formula is C20H26N4O. The molecule has 2 bridgehead atoms. The second kappa shape index (κ2) is 7.00. The van der Waals surface area contributed by atoms with Crippen LogP contribution in [0.5, 0.6) is 0 Å². The molecule has 3 saturated heterocycles. The van der Waals surface area contributed by atoms with E-state index in [1.807, 2.05) is 17.7 Å². The molecule has 4 heterocycles. The highest BCUT2D eigenvalue weighted by Crippen LogP contribution is 2.29. The van der Waals surface area contributed by atoms with Crippen molar-refractivity contribution in [3.63, 3.8) is 0 Å². The number of hydrogen-bond donors (Lipinski definition) is 0. The van der Waals surface area contributed by atoms with E-state index in [-0.39, 0.29) is 5.91 Å². The average Bonchev–Trinajstić information content (AvgIpc) is 2.82. The molecule has 0 unspecified atom stereocenters. The molecule has 2 atom stereocenters. The zero-order chi connectivity index (χ0) is 17.2. The second-order valence-corrected chi connectivity index (χ2v) is 7.45. The minimum absolute atomic E-state index is 0.211. The van der Waals surface area contributed by atoms with Crippen LogP contribution in [0.25, 0.3) is 0 Å². The third-order valence-electron chi connectivity index (χ3n) is 5.57. The summed E-state index contributed by atoms with van der Waals surface area (Å²) in [5.74, 6) is 0.799. The molecular weight excluding hydrogens is 312 g/mol. The Labute approximate surface area is 149 Å². The number of rotatable bonds is 4. The molecule has 0 spiro atoms. The van der Waals surface area contributed by atoms with Crippen molar-refractivity contribution in [2.24, 2.45) is 5.92 Å². The number of aromatic nitrogens is 2. The summed E-state index contributed by atoms with van der Waals surface area (Å²) in [6.45, 7) is 6.31. The quantitative estimate of drug-likeness (QED) is 0.859. The predicted molar refractivity (Wildman–Crippen MR) is 96.9 cm³/mol. The molecule has 3 aliphatic heterocycles. The maximum Gasteiger partial charge on any atom is 0.244 e. The first-order chi connectivity index (χ1) is 12.2. The Morgan fingerprint density at radius 3 is 2.72 bits per heavy atom. The van der Waals surface area contributed by atoms with Gasteiger partial charge in [0.2, 0.25) is 5.91 Å². The summed E-state index contributed by atoms with van der Waals surface area (Å²) in [7, 11) is 0. The molecule has 0 radical (unpaired) electrons. The average molecular weight is 338 g/mol. The fraction of sp³-hybridized carbons (Fsp3) is 0.500. The van der Waals surface area contributed by atoms with Gasteiger partial charge in [0.1, 0.15) is 6.54 Å². The Morgan fingerprint density at radius 1 is 1.12 bits per heavy atom. The summed E-state index contributed by atoms with van der Waals surface area (Å²) in [6, 6.07) is 12.9. The Kier molecular flexibility index (Phi) is 4.57. The van der Waals surface area contributed by atoms with Crippen molar-refractivity contribution in [1.29, 1.82) is 0 Å². The third kappa shape index (κ3) is 3.61. The van der Waals surface area contributed by atoms with Crippen molar-refractivity contribution in [1.82, 2.24) is 19.6 Å². The van der Waals surface area contributed by atoms with Crippen molar-refractivity contribution >= 4 is 5.91 Å². The first-order valence-corrected chi connectivity index (χ1v) is 9.23. The second-order valence-electron chi connectivity index (χ2n) is 7.45. The summed E-state index contributed by atoms with van der Waals surface area (Å²) in [4.78, 5) is 17.5. The molecule has 1 aromatic heterocycles. The van der Waals surface area contributed by atoms with Gasteiger partial charge in [-0.3, -0.25) is 14.4 Å². The summed E-state index contributed by atoms with van der Waals surface area (Å²) in [5, 5.41) is 4.27. The largest absolute Gasteiger partial charge is 0.336 e. The molecule has 2 aromatic rings. The molecule has 0 saturated carbocycles. The standard InChI is InChI=1S/C20H26N4O/c1-16-9-10-21-24(16)15-20(25)23-13-18-7-8-19(23)14-22(12-18)11-17-5-3-2-4-6-17/h2-6,9-10,18-19H,7-8,11-15H2,1H3/t18-,19+/m0/s1. The van der Waals surface area contributed by atoms with Gasteiger partial charge in [0, 0.05) is 44.1 Å². The van der Waals surface area contributed by atoms with Crippen molar-refractivity contribution < 1.29 is 4.79 Å². The molecule has 5 rings (SSSR count). The first kappa shape index (κ1) is 16.3. The van der Waals surface area contributed by atoms with Crippen LogP contribution in [0.3, 0.4) is 0 Å². The van der Waals surface area contributed by atoms with Gasteiger partial charge in [-0.25, -0.2) is 0 Å². The van der Waals surface area contributed by atoms with Crippen LogP contribution in [0.2, 0.25) is 0 Å². The molecule has 5 heteroatoms. The zero-order valence-electron chi connectivity index (χ0n) is 14.8. The number of fused-ring (bicyclic) bond motifs is 4. The Hall–Kier alpha value is -2.14. The number of aryl methyl sites for hydroxylation is 1. The lowest BCUT2D eigenvalue weighted by molar-refractivity contribution is -0.136. The van der Waals surface area contributed by atoms with Crippen LogP contribution in [0, 0.1) is 12.8 Å². The van der Waals surface area contributed by atoms with Gasteiger partial charge in [-0.05, 0) is 37.3 Å². The monoisotopic (exact) mass is 338 g/mol. The van der Waals surface area contributed by atoms with E-state index >= 15 is 0 Å². The van der Waals surface area contributed by atoms with Gasteiger partial charge < -0.3 is 4.90 Å². The van der Waals surface area contributed by atoms with Gasteiger partial charge in [0.15, 0.2) is 0 Å². The highest BCUT2D eigenvalue weighted by Gasteiger charge is 2.37. The van der Waals surface area contributed by atoms with Gasteiger partial charge in [0.05, 0.1) is 0 Å². The van der Waals surface area contributed by atoms with Crippen molar-refractivity contribution in [2.45, 2.75) is 38.9 Å². The minimum Gasteiger partial charge on any atom is -0.336 e. The van der Waals surface area contributed by atoms with Crippen LogP contribution in [-0.2, 0) is 17.9 Å². The lowest BCUT2D eigenvalue weighted by Gasteiger charge is -2.36. The molecule has 3 fully saturated rings. The van der Waals surface area contributed by atoms with Crippen molar-refractivity contribution in [2.75, 3.05) is 19.6 Å². The molecule has 0 N–H and O–H groups in total. The van der Waals surface area contributed by atoms with E-state index < -0.39 is 0 Å². The molecule has 25 heavy (non-hydrogen) atoms. The SMILES string of the molecule is Cc1ccnn1CC(=O)N1C[C@H]2CC[C@@H]1CN(Cc1ccccc1)C2. The normalized spacial score (nSPS) is 23.6. The highest BCUT2D eigenvalue weighted by molar-refractivity contribution is 5.76. The van der Waals surface area contributed by atoms with E-state index in [9.17, 15) is 4.79 Å².